The van der Waals surface area contributed by atoms with E-state index in [9.17, 15) is 18.0 Å². The molecular weight excluding hydrogens is 562 g/mol. The van der Waals surface area contributed by atoms with Crippen molar-refractivity contribution < 1.29 is 22.7 Å². The highest BCUT2D eigenvalue weighted by atomic mass is 35.5. The number of ether oxygens (including phenoxy) is 1. The summed E-state index contributed by atoms with van der Waals surface area (Å²) in [7, 11) is -2.60. The maximum Gasteiger partial charge on any atom is 0.264 e. The summed E-state index contributed by atoms with van der Waals surface area (Å²) in [6.45, 7) is 8.86. The average Bonchev–Trinajstić information content (AvgIpc) is 2.91. The maximum atomic E-state index is 14.1. The number of sulfonamides is 1. The maximum absolute atomic E-state index is 14.1. The van der Waals surface area contributed by atoms with Gasteiger partial charge in [0.05, 0.1) is 17.7 Å². The Bertz CT molecular complexity index is 1450. The molecule has 0 fully saturated rings. The van der Waals surface area contributed by atoms with Crippen LogP contribution in [0.3, 0.4) is 0 Å². The van der Waals surface area contributed by atoms with Gasteiger partial charge in [-0.3, -0.25) is 13.9 Å². The summed E-state index contributed by atoms with van der Waals surface area (Å²) in [5, 5.41) is 3.36. The Morgan fingerprint density at radius 3 is 2.17 bits per heavy atom. The highest BCUT2D eigenvalue weighted by Crippen LogP contribution is 2.27. The molecule has 41 heavy (non-hydrogen) atoms. The molecule has 10 heteroatoms. The first-order valence-electron chi connectivity index (χ1n) is 13.3. The van der Waals surface area contributed by atoms with Crippen molar-refractivity contribution in [3.8, 4) is 5.75 Å². The lowest BCUT2D eigenvalue weighted by Crippen LogP contribution is -2.55. The number of nitrogens with one attached hydrogen (secondary N) is 1. The van der Waals surface area contributed by atoms with E-state index in [0.717, 1.165) is 15.4 Å². The molecule has 0 aliphatic carbocycles. The number of carbonyl (C=O) groups excluding carboxylic acids is 2. The molecule has 3 aromatic rings. The van der Waals surface area contributed by atoms with Crippen LogP contribution in [-0.2, 0) is 26.2 Å². The molecule has 0 spiro atoms. The second kappa shape index (κ2) is 13.4. The lowest BCUT2D eigenvalue weighted by Gasteiger charge is -2.34. The number of rotatable bonds is 11. The zero-order chi connectivity index (χ0) is 30.4. The molecule has 3 rings (SSSR count). The van der Waals surface area contributed by atoms with Gasteiger partial charge < -0.3 is 15.0 Å². The van der Waals surface area contributed by atoms with Crippen LogP contribution in [0.4, 0.5) is 5.69 Å². The van der Waals surface area contributed by atoms with Gasteiger partial charge in [-0.2, -0.15) is 0 Å². The molecule has 0 bridgehead atoms. The summed E-state index contributed by atoms with van der Waals surface area (Å²) >= 11 is 6.01. The van der Waals surface area contributed by atoms with Gasteiger partial charge in [0.2, 0.25) is 11.8 Å². The van der Waals surface area contributed by atoms with E-state index < -0.39 is 34.1 Å². The number of amides is 2. The number of anilines is 1. The minimum absolute atomic E-state index is 0.00423. The smallest absolute Gasteiger partial charge is 0.264 e. The van der Waals surface area contributed by atoms with E-state index in [-0.39, 0.29) is 17.3 Å². The molecule has 0 radical (unpaired) electrons. The van der Waals surface area contributed by atoms with Gasteiger partial charge in [0.15, 0.2) is 0 Å². The van der Waals surface area contributed by atoms with Gasteiger partial charge in [0, 0.05) is 17.1 Å². The Balaban J connectivity index is 2.07. The fraction of sp³-hybridized carbons (Fsp3) is 0.355. The Labute approximate surface area is 248 Å². The second-order valence-electron chi connectivity index (χ2n) is 10.8. The van der Waals surface area contributed by atoms with Gasteiger partial charge in [-0.1, -0.05) is 42.8 Å². The van der Waals surface area contributed by atoms with E-state index in [2.05, 4.69) is 5.32 Å². The molecule has 0 saturated heterocycles. The van der Waals surface area contributed by atoms with Crippen LogP contribution in [0.1, 0.15) is 45.2 Å². The molecule has 220 valence electrons. The molecule has 0 aliphatic rings. The van der Waals surface area contributed by atoms with E-state index in [0.29, 0.717) is 22.9 Å². The van der Waals surface area contributed by atoms with Crippen LogP contribution >= 0.6 is 11.6 Å². The highest BCUT2D eigenvalue weighted by molar-refractivity contribution is 7.92. The van der Waals surface area contributed by atoms with E-state index in [1.54, 1.807) is 37.4 Å². The minimum Gasteiger partial charge on any atom is -0.497 e. The Morgan fingerprint density at radius 2 is 1.63 bits per heavy atom. The predicted octanol–water partition coefficient (Wildman–Crippen LogP) is 5.57. The molecule has 1 atom stereocenters. The van der Waals surface area contributed by atoms with Gasteiger partial charge in [-0.15, -0.1) is 0 Å². The third-order valence-electron chi connectivity index (χ3n) is 6.37. The van der Waals surface area contributed by atoms with Crippen LogP contribution in [-0.4, -0.2) is 50.4 Å². The number of hydrogen-bond acceptors (Lipinski definition) is 5. The minimum atomic E-state index is -4.17. The van der Waals surface area contributed by atoms with Crippen molar-refractivity contribution in [2.45, 2.75) is 64.1 Å². The molecule has 0 aromatic heterocycles. The Kier molecular flexibility index (Phi) is 10.4. The van der Waals surface area contributed by atoms with Crippen LogP contribution < -0.4 is 14.4 Å². The second-order valence-corrected chi connectivity index (χ2v) is 13.1. The topological polar surface area (TPSA) is 96.0 Å². The summed E-state index contributed by atoms with van der Waals surface area (Å²) in [5.41, 5.74) is 1.41. The first-order valence-corrected chi connectivity index (χ1v) is 15.2. The Hall–Kier alpha value is -3.56. The number of aryl methyl sites for hydroxylation is 1. The van der Waals surface area contributed by atoms with Crippen LogP contribution in [0.5, 0.6) is 5.75 Å². The van der Waals surface area contributed by atoms with Gasteiger partial charge >= 0.3 is 0 Å². The molecule has 0 unspecified atom stereocenters. The van der Waals surface area contributed by atoms with E-state index in [4.69, 9.17) is 16.3 Å². The van der Waals surface area contributed by atoms with Crippen molar-refractivity contribution in [1.29, 1.82) is 0 Å². The third-order valence-corrected chi connectivity index (χ3v) is 8.41. The number of carbonyl (C=O) groups is 2. The van der Waals surface area contributed by atoms with E-state index in [1.807, 2.05) is 52.8 Å². The van der Waals surface area contributed by atoms with Crippen molar-refractivity contribution in [2.24, 2.45) is 0 Å². The normalized spacial score (nSPS) is 12.4. The lowest BCUT2D eigenvalue weighted by atomic mass is 10.1. The molecule has 0 saturated carbocycles. The van der Waals surface area contributed by atoms with Gasteiger partial charge in [-0.25, -0.2) is 8.42 Å². The van der Waals surface area contributed by atoms with Crippen molar-refractivity contribution in [2.75, 3.05) is 18.0 Å². The third kappa shape index (κ3) is 8.47. The number of methoxy groups -OCH3 is 1. The molecule has 2 amide bonds. The number of halogens is 1. The monoisotopic (exact) mass is 599 g/mol. The van der Waals surface area contributed by atoms with Crippen molar-refractivity contribution in [1.82, 2.24) is 10.2 Å². The predicted molar refractivity (Wildman–Crippen MR) is 163 cm³/mol. The molecule has 8 nitrogen and oxygen atoms in total. The van der Waals surface area contributed by atoms with Crippen molar-refractivity contribution in [3.63, 3.8) is 0 Å². The zero-order valence-corrected chi connectivity index (χ0v) is 25.9. The van der Waals surface area contributed by atoms with Crippen LogP contribution in [0.2, 0.25) is 5.02 Å². The van der Waals surface area contributed by atoms with Gasteiger partial charge in [0.25, 0.3) is 10.0 Å². The van der Waals surface area contributed by atoms with Crippen LogP contribution in [0.15, 0.2) is 77.7 Å². The number of hydrogen-bond donors (Lipinski definition) is 1. The summed E-state index contributed by atoms with van der Waals surface area (Å²) < 4.78 is 34.2. The molecular formula is C31H38ClN3O5S. The SMILES string of the molecule is CC[C@@H](C(=O)NC(C)(C)C)N(Cc1ccc(OC)cc1)C(=O)CN(c1cccc(C)c1)S(=O)(=O)c1ccc(Cl)cc1. The van der Waals surface area contributed by atoms with E-state index in [1.165, 1.54) is 29.2 Å². The van der Waals surface area contributed by atoms with Crippen molar-refractivity contribution >= 4 is 39.1 Å². The zero-order valence-electron chi connectivity index (χ0n) is 24.3. The molecule has 3 aromatic carbocycles. The average molecular weight is 600 g/mol. The lowest BCUT2D eigenvalue weighted by molar-refractivity contribution is -0.141. The summed E-state index contributed by atoms with van der Waals surface area (Å²) in [5.74, 6) is -0.177. The van der Waals surface area contributed by atoms with Gasteiger partial charge in [-0.05, 0) is 93.8 Å². The molecule has 0 heterocycles. The molecule has 0 aliphatic heterocycles. The summed E-state index contributed by atoms with van der Waals surface area (Å²) in [6, 6.07) is 19.1. The largest absolute Gasteiger partial charge is 0.497 e. The Morgan fingerprint density at radius 1 is 1.00 bits per heavy atom. The van der Waals surface area contributed by atoms with Crippen LogP contribution in [0, 0.1) is 6.92 Å². The fourth-order valence-corrected chi connectivity index (χ4v) is 5.88. The number of benzene rings is 3. The fourth-order valence-electron chi connectivity index (χ4n) is 4.35. The van der Waals surface area contributed by atoms with Crippen molar-refractivity contribution in [3.05, 3.63) is 88.9 Å². The first kappa shape index (κ1) is 32.0. The summed E-state index contributed by atoms with van der Waals surface area (Å²) in [6.07, 6.45) is 0.332. The quantitative estimate of drug-likeness (QED) is 0.311. The summed E-state index contributed by atoms with van der Waals surface area (Å²) in [4.78, 5) is 29.0. The molecule has 1 N–H and O–H groups in total. The van der Waals surface area contributed by atoms with E-state index >= 15 is 0 Å². The first-order chi connectivity index (χ1) is 19.2. The van der Waals surface area contributed by atoms with Gasteiger partial charge in [0.1, 0.15) is 18.3 Å². The van der Waals surface area contributed by atoms with Crippen LogP contribution in [0.25, 0.3) is 0 Å². The highest BCUT2D eigenvalue weighted by Gasteiger charge is 2.34. The number of nitrogens with zero attached hydrogens (tertiary/aromatic N) is 2. The standard InChI is InChI=1S/C31H38ClN3O5S/c1-7-28(30(37)33-31(3,4)5)34(20-23-11-15-26(40-6)16-12-23)29(36)21-35(25-10-8-9-22(2)19-25)41(38,39)27-17-13-24(32)14-18-27/h8-19,28H,7,20-21H2,1-6H3,(H,33,37)/t28-/m0/s1.